The maximum Gasteiger partial charge on any atom is 0.128 e. The Balaban J connectivity index is 2.63. The fourth-order valence-corrected chi connectivity index (χ4v) is 1.69. The van der Waals surface area contributed by atoms with Crippen LogP contribution in [-0.4, -0.2) is 6.04 Å². The van der Waals surface area contributed by atoms with Gasteiger partial charge in [0.15, 0.2) is 0 Å². The molecule has 1 aromatic rings. The minimum Gasteiger partial charge on any atom is -0.382 e. The Labute approximate surface area is 89.5 Å². The minimum atomic E-state index is -0.547. The van der Waals surface area contributed by atoms with E-state index >= 15 is 0 Å². The molecule has 1 aromatic carbocycles. The lowest BCUT2D eigenvalue weighted by molar-refractivity contribution is 0.538. The van der Waals surface area contributed by atoms with Crippen molar-refractivity contribution in [3.63, 3.8) is 0 Å². The molecule has 0 aliphatic rings. The van der Waals surface area contributed by atoms with Gasteiger partial charge in [-0.2, -0.15) is 0 Å². The largest absolute Gasteiger partial charge is 0.382 e. The zero-order valence-corrected chi connectivity index (χ0v) is 9.35. The predicted octanol–water partition coefficient (Wildman–Crippen LogP) is 3.81. The SMILES string of the molecule is CC(C)CC(C)Nc1cc(F)cc(F)c1. The first-order chi connectivity index (χ1) is 6.97. The first-order valence-electron chi connectivity index (χ1n) is 5.20. The first-order valence-corrected chi connectivity index (χ1v) is 5.20. The summed E-state index contributed by atoms with van der Waals surface area (Å²) >= 11 is 0. The molecule has 0 spiro atoms. The van der Waals surface area contributed by atoms with Gasteiger partial charge in [-0.25, -0.2) is 8.78 Å². The molecule has 0 saturated heterocycles. The number of anilines is 1. The van der Waals surface area contributed by atoms with Crippen molar-refractivity contribution in [1.82, 2.24) is 0 Å². The fraction of sp³-hybridized carbons (Fsp3) is 0.500. The normalized spacial score (nSPS) is 12.9. The molecule has 0 aromatic heterocycles. The highest BCUT2D eigenvalue weighted by Gasteiger charge is 2.06. The van der Waals surface area contributed by atoms with Gasteiger partial charge < -0.3 is 5.32 Å². The Kier molecular flexibility index (Phi) is 4.06. The summed E-state index contributed by atoms with van der Waals surface area (Å²) in [5, 5.41) is 3.07. The summed E-state index contributed by atoms with van der Waals surface area (Å²) in [6.07, 6.45) is 0.970. The lowest BCUT2D eigenvalue weighted by Crippen LogP contribution is -2.17. The van der Waals surface area contributed by atoms with Crippen LogP contribution in [0.3, 0.4) is 0 Å². The van der Waals surface area contributed by atoms with Gasteiger partial charge in [0.2, 0.25) is 0 Å². The molecule has 1 nitrogen and oxygen atoms in total. The van der Waals surface area contributed by atoms with Crippen molar-refractivity contribution in [3.8, 4) is 0 Å². The molecule has 0 aliphatic carbocycles. The van der Waals surface area contributed by atoms with Gasteiger partial charge >= 0.3 is 0 Å². The van der Waals surface area contributed by atoms with Crippen LogP contribution in [0.1, 0.15) is 27.2 Å². The van der Waals surface area contributed by atoms with Crippen molar-refractivity contribution in [1.29, 1.82) is 0 Å². The summed E-state index contributed by atoms with van der Waals surface area (Å²) in [5.74, 6) is -0.533. The summed E-state index contributed by atoms with van der Waals surface area (Å²) in [7, 11) is 0. The number of halogens is 2. The average molecular weight is 213 g/mol. The van der Waals surface area contributed by atoms with Crippen molar-refractivity contribution in [2.24, 2.45) is 5.92 Å². The van der Waals surface area contributed by atoms with E-state index in [4.69, 9.17) is 0 Å². The maximum atomic E-state index is 12.9. The molecular formula is C12H17F2N. The van der Waals surface area contributed by atoms with E-state index < -0.39 is 11.6 Å². The Bertz CT molecular complexity index is 303. The molecule has 84 valence electrons. The van der Waals surface area contributed by atoms with Gasteiger partial charge in [0.25, 0.3) is 0 Å². The van der Waals surface area contributed by atoms with Gasteiger partial charge in [0.1, 0.15) is 11.6 Å². The van der Waals surface area contributed by atoms with Crippen LogP contribution in [0.15, 0.2) is 18.2 Å². The fourth-order valence-electron chi connectivity index (χ4n) is 1.69. The zero-order chi connectivity index (χ0) is 11.4. The summed E-state index contributed by atoms with van der Waals surface area (Å²) in [6, 6.07) is 3.70. The number of nitrogens with one attached hydrogen (secondary N) is 1. The smallest absolute Gasteiger partial charge is 0.128 e. The Morgan fingerprint density at radius 2 is 1.60 bits per heavy atom. The lowest BCUT2D eigenvalue weighted by atomic mass is 10.1. The molecule has 3 heteroatoms. The maximum absolute atomic E-state index is 12.9. The first kappa shape index (κ1) is 12.0. The summed E-state index contributed by atoms with van der Waals surface area (Å²) in [4.78, 5) is 0. The highest BCUT2D eigenvalue weighted by molar-refractivity contribution is 5.44. The number of hydrogen-bond donors (Lipinski definition) is 1. The number of rotatable bonds is 4. The van der Waals surface area contributed by atoms with Gasteiger partial charge in [0.05, 0.1) is 0 Å². The van der Waals surface area contributed by atoms with E-state index in [1.54, 1.807) is 0 Å². The molecule has 0 aliphatic heterocycles. The van der Waals surface area contributed by atoms with Crippen molar-refractivity contribution < 1.29 is 8.78 Å². The van der Waals surface area contributed by atoms with E-state index in [1.807, 2.05) is 6.92 Å². The number of benzene rings is 1. The predicted molar refractivity (Wildman–Crippen MR) is 58.9 cm³/mol. The van der Waals surface area contributed by atoms with Crippen LogP contribution in [0, 0.1) is 17.6 Å². The van der Waals surface area contributed by atoms with Crippen molar-refractivity contribution in [2.45, 2.75) is 33.2 Å². The molecule has 0 radical (unpaired) electrons. The molecular weight excluding hydrogens is 196 g/mol. The van der Waals surface area contributed by atoms with Crippen LogP contribution in [0.25, 0.3) is 0 Å². The van der Waals surface area contributed by atoms with Crippen LogP contribution >= 0.6 is 0 Å². The monoisotopic (exact) mass is 213 g/mol. The van der Waals surface area contributed by atoms with Crippen LogP contribution < -0.4 is 5.32 Å². The topological polar surface area (TPSA) is 12.0 Å². The average Bonchev–Trinajstić information content (AvgIpc) is 1.98. The Morgan fingerprint density at radius 3 is 2.07 bits per heavy atom. The van der Waals surface area contributed by atoms with Crippen molar-refractivity contribution in [3.05, 3.63) is 29.8 Å². The third-order valence-corrected chi connectivity index (χ3v) is 2.10. The van der Waals surface area contributed by atoms with Gasteiger partial charge in [-0.05, 0) is 31.4 Å². The van der Waals surface area contributed by atoms with Crippen molar-refractivity contribution in [2.75, 3.05) is 5.32 Å². The molecule has 1 N–H and O–H groups in total. The van der Waals surface area contributed by atoms with Gasteiger partial charge in [-0.15, -0.1) is 0 Å². The quantitative estimate of drug-likeness (QED) is 0.801. The number of hydrogen-bond acceptors (Lipinski definition) is 1. The lowest BCUT2D eigenvalue weighted by Gasteiger charge is -2.17. The second kappa shape index (κ2) is 5.10. The molecule has 0 fully saturated rings. The Morgan fingerprint density at radius 1 is 1.07 bits per heavy atom. The standard InChI is InChI=1S/C12H17F2N/c1-8(2)4-9(3)15-12-6-10(13)5-11(14)7-12/h5-9,15H,4H2,1-3H3. The van der Waals surface area contributed by atoms with Gasteiger partial charge in [-0.3, -0.25) is 0 Å². The van der Waals surface area contributed by atoms with Crippen LogP contribution in [0.4, 0.5) is 14.5 Å². The summed E-state index contributed by atoms with van der Waals surface area (Å²) in [5.41, 5.74) is 0.501. The molecule has 0 saturated carbocycles. The third-order valence-electron chi connectivity index (χ3n) is 2.10. The molecule has 1 atom stereocenters. The highest BCUT2D eigenvalue weighted by Crippen LogP contribution is 2.16. The summed E-state index contributed by atoms with van der Waals surface area (Å²) < 4.78 is 25.7. The van der Waals surface area contributed by atoms with E-state index in [-0.39, 0.29) is 6.04 Å². The van der Waals surface area contributed by atoms with E-state index in [9.17, 15) is 8.78 Å². The molecule has 0 amide bonds. The third kappa shape index (κ3) is 4.28. The van der Waals surface area contributed by atoms with E-state index in [1.165, 1.54) is 12.1 Å². The summed E-state index contributed by atoms with van der Waals surface area (Å²) in [6.45, 7) is 6.23. The van der Waals surface area contributed by atoms with E-state index in [2.05, 4.69) is 19.2 Å². The van der Waals surface area contributed by atoms with E-state index in [0.717, 1.165) is 12.5 Å². The van der Waals surface area contributed by atoms with Gasteiger partial charge in [0, 0.05) is 17.8 Å². The van der Waals surface area contributed by atoms with Crippen LogP contribution in [0.2, 0.25) is 0 Å². The molecule has 1 rings (SSSR count). The zero-order valence-electron chi connectivity index (χ0n) is 9.35. The second-order valence-corrected chi connectivity index (χ2v) is 4.33. The van der Waals surface area contributed by atoms with Gasteiger partial charge in [-0.1, -0.05) is 13.8 Å². The van der Waals surface area contributed by atoms with Crippen LogP contribution in [-0.2, 0) is 0 Å². The molecule has 1 unspecified atom stereocenters. The minimum absolute atomic E-state index is 0.214. The van der Waals surface area contributed by atoms with E-state index in [0.29, 0.717) is 11.6 Å². The van der Waals surface area contributed by atoms with Crippen LogP contribution in [0.5, 0.6) is 0 Å². The van der Waals surface area contributed by atoms with Crippen molar-refractivity contribution >= 4 is 5.69 Å². The second-order valence-electron chi connectivity index (χ2n) is 4.33. The molecule has 0 heterocycles. The highest BCUT2D eigenvalue weighted by atomic mass is 19.1. The molecule has 15 heavy (non-hydrogen) atoms. The molecule has 0 bridgehead atoms. The Hall–Kier alpha value is -1.12.